The standard InChI is InChI=1S/C24H20ClN5O3S/c25-18-6-2-7-19-22(18)27-24(34-19)29(12-3-11-28-13-10-26-15-28)23(33)16-4-1-5-17(14-16)30-20(31)8-9-21(30)32/h1-2,4-7,10,13-15H,3,8-9,11-12H2. The normalized spacial score (nSPS) is 13.7. The number of imidazole rings is 1. The molecular formula is C24H20ClN5O3S. The summed E-state index contributed by atoms with van der Waals surface area (Å²) in [5, 5.41) is 1.07. The summed E-state index contributed by atoms with van der Waals surface area (Å²) in [6.07, 6.45) is 6.36. The molecule has 3 heterocycles. The molecule has 2 aromatic heterocycles. The van der Waals surface area contributed by atoms with Crippen molar-refractivity contribution in [3.05, 3.63) is 71.8 Å². The molecular weight excluding hydrogens is 474 g/mol. The summed E-state index contributed by atoms with van der Waals surface area (Å²) in [6.45, 7) is 1.10. The molecule has 3 amide bonds. The zero-order valence-corrected chi connectivity index (χ0v) is 19.6. The number of aryl methyl sites for hydroxylation is 1. The minimum atomic E-state index is -0.262. The van der Waals surface area contributed by atoms with Gasteiger partial charge in [0.15, 0.2) is 5.13 Å². The average Bonchev–Trinajstić information content (AvgIpc) is 3.57. The Labute approximate surface area is 204 Å². The Morgan fingerprint density at radius 3 is 2.65 bits per heavy atom. The van der Waals surface area contributed by atoms with Crippen molar-refractivity contribution < 1.29 is 14.4 Å². The summed E-state index contributed by atoms with van der Waals surface area (Å²) < 4.78 is 2.83. The monoisotopic (exact) mass is 493 g/mol. The molecule has 0 aliphatic carbocycles. The second-order valence-electron chi connectivity index (χ2n) is 7.87. The summed E-state index contributed by atoms with van der Waals surface area (Å²) in [6, 6.07) is 12.2. The minimum absolute atomic E-state index is 0.184. The van der Waals surface area contributed by atoms with Crippen LogP contribution in [0, 0.1) is 0 Å². The highest BCUT2D eigenvalue weighted by atomic mass is 35.5. The minimum Gasteiger partial charge on any atom is -0.337 e. The Balaban J connectivity index is 1.47. The van der Waals surface area contributed by atoms with Crippen LogP contribution in [0.25, 0.3) is 10.2 Å². The molecule has 0 radical (unpaired) electrons. The zero-order chi connectivity index (χ0) is 23.7. The van der Waals surface area contributed by atoms with Gasteiger partial charge in [-0.05, 0) is 36.8 Å². The van der Waals surface area contributed by atoms with E-state index in [9.17, 15) is 14.4 Å². The van der Waals surface area contributed by atoms with E-state index in [4.69, 9.17) is 11.6 Å². The molecule has 1 fully saturated rings. The van der Waals surface area contributed by atoms with Gasteiger partial charge in [-0.2, -0.15) is 0 Å². The maximum absolute atomic E-state index is 13.7. The number of benzene rings is 2. The van der Waals surface area contributed by atoms with Crippen molar-refractivity contribution in [2.45, 2.75) is 25.8 Å². The van der Waals surface area contributed by atoms with Crippen molar-refractivity contribution in [3.63, 3.8) is 0 Å². The Kier molecular flexibility index (Phi) is 6.12. The van der Waals surface area contributed by atoms with Crippen molar-refractivity contribution in [1.29, 1.82) is 0 Å². The predicted molar refractivity (Wildman–Crippen MR) is 131 cm³/mol. The van der Waals surface area contributed by atoms with Crippen LogP contribution in [-0.4, -0.2) is 38.8 Å². The molecule has 1 saturated heterocycles. The lowest BCUT2D eigenvalue weighted by molar-refractivity contribution is -0.121. The SMILES string of the molecule is O=C(c1cccc(N2C(=O)CCC2=O)c1)N(CCCn1ccnc1)c1nc2c(Cl)cccc2s1. The molecule has 34 heavy (non-hydrogen) atoms. The number of amides is 3. The van der Waals surface area contributed by atoms with Crippen molar-refractivity contribution in [2.24, 2.45) is 0 Å². The fraction of sp³-hybridized carbons (Fsp3) is 0.208. The quantitative estimate of drug-likeness (QED) is 0.353. The largest absolute Gasteiger partial charge is 0.337 e. The maximum Gasteiger partial charge on any atom is 0.260 e. The molecule has 0 unspecified atom stereocenters. The third kappa shape index (κ3) is 4.32. The fourth-order valence-electron chi connectivity index (χ4n) is 3.93. The number of aromatic nitrogens is 3. The van der Waals surface area contributed by atoms with Crippen LogP contribution in [-0.2, 0) is 16.1 Å². The predicted octanol–water partition coefficient (Wildman–Crippen LogP) is 4.54. The second-order valence-corrected chi connectivity index (χ2v) is 9.28. The van der Waals surface area contributed by atoms with E-state index < -0.39 is 0 Å². The number of hydrogen-bond donors (Lipinski definition) is 0. The summed E-state index contributed by atoms with van der Waals surface area (Å²) in [5.74, 6) is -0.776. The molecule has 2 aromatic carbocycles. The van der Waals surface area contributed by atoms with Gasteiger partial charge in [0.1, 0.15) is 5.52 Å². The average molecular weight is 494 g/mol. The van der Waals surface area contributed by atoms with Gasteiger partial charge in [-0.25, -0.2) is 9.97 Å². The molecule has 4 aromatic rings. The first-order chi connectivity index (χ1) is 16.5. The van der Waals surface area contributed by atoms with Crippen molar-refractivity contribution in [1.82, 2.24) is 14.5 Å². The third-order valence-corrected chi connectivity index (χ3v) is 6.94. The van der Waals surface area contributed by atoms with Gasteiger partial charge in [-0.1, -0.05) is 35.1 Å². The fourth-order valence-corrected chi connectivity index (χ4v) is 5.22. The Morgan fingerprint density at radius 2 is 1.91 bits per heavy atom. The number of carbonyl (C=O) groups is 3. The van der Waals surface area contributed by atoms with Crippen LogP contribution in [0.15, 0.2) is 61.2 Å². The molecule has 8 nitrogen and oxygen atoms in total. The zero-order valence-electron chi connectivity index (χ0n) is 18.1. The molecule has 0 atom stereocenters. The highest BCUT2D eigenvalue weighted by molar-refractivity contribution is 7.22. The lowest BCUT2D eigenvalue weighted by Gasteiger charge is -2.21. The van der Waals surface area contributed by atoms with Gasteiger partial charge in [0.05, 0.1) is 21.7 Å². The lowest BCUT2D eigenvalue weighted by Crippen LogP contribution is -2.33. The van der Waals surface area contributed by atoms with Crippen LogP contribution in [0.2, 0.25) is 5.02 Å². The van der Waals surface area contributed by atoms with E-state index in [0.29, 0.717) is 46.4 Å². The Bertz CT molecular complexity index is 1370. The molecule has 5 rings (SSSR count). The van der Waals surface area contributed by atoms with Gasteiger partial charge < -0.3 is 4.57 Å². The molecule has 172 valence electrons. The number of imide groups is 1. The molecule has 0 spiro atoms. The van der Waals surface area contributed by atoms with Crippen LogP contribution in [0.4, 0.5) is 10.8 Å². The van der Waals surface area contributed by atoms with Gasteiger partial charge in [-0.15, -0.1) is 0 Å². The van der Waals surface area contributed by atoms with Crippen molar-refractivity contribution in [3.8, 4) is 0 Å². The summed E-state index contributed by atoms with van der Waals surface area (Å²) in [5.41, 5.74) is 1.43. The topological polar surface area (TPSA) is 88.4 Å². The third-order valence-electron chi connectivity index (χ3n) is 5.59. The number of hydrogen-bond acceptors (Lipinski definition) is 6. The van der Waals surface area contributed by atoms with Crippen LogP contribution in [0.5, 0.6) is 0 Å². The lowest BCUT2D eigenvalue weighted by atomic mass is 10.1. The van der Waals surface area contributed by atoms with Crippen LogP contribution >= 0.6 is 22.9 Å². The van der Waals surface area contributed by atoms with E-state index in [-0.39, 0.29) is 30.6 Å². The summed E-state index contributed by atoms with van der Waals surface area (Å²) >= 11 is 7.72. The van der Waals surface area contributed by atoms with E-state index in [0.717, 1.165) is 9.60 Å². The molecule has 0 N–H and O–H groups in total. The summed E-state index contributed by atoms with van der Waals surface area (Å²) in [7, 11) is 0. The van der Waals surface area contributed by atoms with Crippen LogP contribution in [0.1, 0.15) is 29.6 Å². The first-order valence-corrected chi connectivity index (χ1v) is 12.0. The number of nitrogens with zero attached hydrogens (tertiary/aromatic N) is 5. The number of halogens is 1. The van der Waals surface area contributed by atoms with Crippen molar-refractivity contribution in [2.75, 3.05) is 16.3 Å². The van der Waals surface area contributed by atoms with Gasteiger partial charge in [0.2, 0.25) is 11.8 Å². The highest BCUT2D eigenvalue weighted by Gasteiger charge is 2.31. The van der Waals surface area contributed by atoms with E-state index in [2.05, 4.69) is 9.97 Å². The number of rotatable bonds is 7. The number of carbonyl (C=O) groups excluding carboxylic acids is 3. The smallest absolute Gasteiger partial charge is 0.260 e. The van der Waals surface area contributed by atoms with E-state index in [1.54, 1.807) is 47.8 Å². The second kappa shape index (κ2) is 9.36. The maximum atomic E-state index is 13.7. The number of fused-ring (bicyclic) bond motifs is 1. The first kappa shape index (κ1) is 22.2. The number of para-hydroxylation sites is 1. The Hall–Kier alpha value is -3.56. The van der Waals surface area contributed by atoms with Crippen LogP contribution in [0.3, 0.4) is 0 Å². The van der Waals surface area contributed by atoms with E-state index in [1.807, 2.05) is 22.9 Å². The van der Waals surface area contributed by atoms with Gasteiger partial charge in [-0.3, -0.25) is 24.2 Å². The Morgan fingerprint density at radius 1 is 1.12 bits per heavy atom. The number of anilines is 2. The first-order valence-electron chi connectivity index (χ1n) is 10.8. The van der Waals surface area contributed by atoms with Gasteiger partial charge >= 0.3 is 0 Å². The molecule has 0 saturated carbocycles. The number of thiazole rings is 1. The molecule has 0 bridgehead atoms. The van der Waals surface area contributed by atoms with E-state index >= 15 is 0 Å². The molecule has 1 aliphatic heterocycles. The van der Waals surface area contributed by atoms with Crippen molar-refractivity contribution >= 4 is 61.7 Å². The van der Waals surface area contributed by atoms with E-state index in [1.165, 1.54) is 11.3 Å². The van der Waals surface area contributed by atoms with Gasteiger partial charge in [0.25, 0.3) is 5.91 Å². The van der Waals surface area contributed by atoms with Gasteiger partial charge in [0, 0.05) is 43.9 Å². The summed E-state index contributed by atoms with van der Waals surface area (Å²) in [4.78, 5) is 49.5. The molecule has 1 aliphatic rings. The molecule has 10 heteroatoms. The van der Waals surface area contributed by atoms with Crippen LogP contribution < -0.4 is 9.80 Å². The highest BCUT2D eigenvalue weighted by Crippen LogP contribution is 2.34.